The van der Waals surface area contributed by atoms with Crippen molar-refractivity contribution in [2.45, 2.75) is 20.3 Å². The number of rotatable bonds is 2. The molecule has 0 aliphatic carbocycles. The summed E-state index contributed by atoms with van der Waals surface area (Å²) in [6, 6.07) is 5.74. The average molecular weight is 161 g/mol. The second-order valence-corrected chi connectivity index (χ2v) is 2.63. The van der Waals surface area contributed by atoms with Crippen molar-refractivity contribution in [3.05, 3.63) is 29.3 Å². The molecule has 2 heteroatoms. The van der Waals surface area contributed by atoms with Gasteiger partial charge >= 0.3 is 0 Å². The van der Waals surface area contributed by atoms with Crippen LogP contribution in [0.5, 0.6) is 0 Å². The van der Waals surface area contributed by atoms with Gasteiger partial charge in [0.1, 0.15) is 0 Å². The van der Waals surface area contributed by atoms with Crippen LogP contribution < -0.4 is 0 Å². The van der Waals surface area contributed by atoms with Crippen molar-refractivity contribution in [3.8, 4) is 0 Å². The Labute approximate surface area is 71.9 Å². The fourth-order valence-corrected chi connectivity index (χ4v) is 1.30. The van der Waals surface area contributed by atoms with Crippen molar-refractivity contribution >= 4 is 11.8 Å². The molecule has 0 unspecified atom stereocenters. The highest BCUT2D eigenvalue weighted by molar-refractivity contribution is 5.55. The van der Waals surface area contributed by atoms with Crippen LogP contribution in [0.2, 0.25) is 0 Å². The summed E-state index contributed by atoms with van der Waals surface area (Å²) in [7, 11) is 0. The highest BCUT2D eigenvalue weighted by atomic mass is 16.1. The third-order valence-corrected chi connectivity index (χ3v) is 1.91. The van der Waals surface area contributed by atoms with Crippen LogP contribution in [0.15, 0.2) is 23.2 Å². The number of hydrogen-bond donors (Lipinski definition) is 0. The van der Waals surface area contributed by atoms with Gasteiger partial charge in [0.15, 0.2) is 0 Å². The molecule has 62 valence electrons. The minimum absolute atomic E-state index is 0.743. The van der Waals surface area contributed by atoms with Gasteiger partial charge in [0.05, 0.1) is 5.69 Å². The normalized spacial score (nSPS) is 9.17. The first-order valence-electron chi connectivity index (χ1n) is 3.96. The molecular weight excluding hydrogens is 150 g/mol. The minimum Gasteiger partial charge on any atom is -0.211 e. The van der Waals surface area contributed by atoms with Gasteiger partial charge in [-0.25, -0.2) is 4.79 Å². The van der Waals surface area contributed by atoms with E-state index in [0.717, 1.165) is 17.7 Å². The zero-order chi connectivity index (χ0) is 8.97. The van der Waals surface area contributed by atoms with Crippen LogP contribution in [-0.4, -0.2) is 6.08 Å². The van der Waals surface area contributed by atoms with Gasteiger partial charge in [0, 0.05) is 0 Å². The number of aryl methyl sites for hydroxylation is 1. The Bertz CT molecular complexity index is 325. The van der Waals surface area contributed by atoms with Crippen molar-refractivity contribution in [3.63, 3.8) is 0 Å². The van der Waals surface area contributed by atoms with Gasteiger partial charge in [0.25, 0.3) is 0 Å². The Kier molecular flexibility index (Phi) is 2.78. The molecule has 0 aliphatic rings. The lowest BCUT2D eigenvalue weighted by atomic mass is 10.0. The number of isocyanates is 1. The molecule has 0 aromatic heterocycles. The van der Waals surface area contributed by atoms with E-state index in [9.17, 15) is 4.79 Å². The van der Waals surface area contributed by atoms with Crippen LogP contribution in [-0.2, 0) is 11.2 Å². The van der Waals surface area contributed by atoms with Crippen LogP contribution in [0.3, 0.4) is 0 Å². The van der Waals surface area contributed by atoms with E-state index in [1.807, 2.05) is 32.0 Å². The molecule has 0 spiro atoms. The quantitative estimate of drug-likeness (QED) is 0.484. The highest BCUT2D eigenvalue weighted by Crippen LogP contribution is 2.21. The second kappa shape index (κ2) is 3.84. The van der Waals surface area contributed by atoms with Gasteiger partial charge in [-0.2, -0.15) is 4.99 Å². The fraction of sp³-hybridized carbons (Fsp3) is 0.300. The summed E-state index contributed by atoms with van der Waals surface area (Å²) in [4.78, 5) is 13.7. The topological polar surface area (TPSA) is 29.4 Å². The van der Waals surface area contributed by atoms with E-state index in [0.29, 0.717) is 0 Å². The molecular formula is C10H11NO. The monoisotopic (exact) mass is 161 g/mol. The van der Waals surface area contributed by atoms with E-state index in [-0.39, 0.29) is 0 Å². The minimum atomic E-state index is 0.743. The third kappa shape index (κ3) is 1.60. The predicted molar refractivity (Wildman–Crippen MR) is 48.3 cm³/mol. The molecule has 0 N–H and O–H groups in total. The molecule has 0 fully saturated rings. The molecule has 0 bridgehead atoms. The van der Waals surface area contributed by atoms with Crippen molar-refractivity contribution < 1.29 is 4.79 Å². The first kappa shape index (κ1) is 8.69. The summed E-state index contributed by atoms with van der Waals surface area (Å²) in [5.41, 5.74) is 3.04. The van der Waals surface area contributed by atoms with Crippen LogP contribution in [0.25, 0.3) is 0 Å². The fourth-order valence-electron chi connectivity index (χ4n) is 1.30. The molecule has 0 amide bonds. The van der Waals surface area contributed by atoms with Gasteiger partial charge in [-0.05, 0) is 30.5 Å². The van der Waals surface area contributed by atoms with Gasteiger partial charge in [0.2, 0.25) is 6.08 Å². The molecule has 0 saturated carbocycles. The van der Waals surface area contributed by atoms with Crippen LogP contribution in [0.1, 0.15) is 18.1 Å². The molecule has 1 aromatic rings. The highest BCUT2D eigenvalue weighted by Gasteiger charge is 2.00. The van der Waals surface area contributed by atoms with E-state index in [2.05, 4.69) is 4.99 Å². The first-order valence-corrected chi connectivity index (χ1v) is 3.96. The molecule has 0 aliphatic heterocycles. The zero-order valence-electron chi connectivity index (χ0n) is 7.29. The van der Waals surface area contributed by atoms with Gasteiger partial charge in [-0.3, -0.25) is 0 Å². The molecule has 0 radical (unpaired) electrons. The first-order chi connectivity index (χ1) is 5.79. The van der Waals surface area contributed by atoms with Crippen molar-refractivity contribution in [2.75, 3.05) is 0 Å². The largest absolute Gasteiger partial charge is 0.240 e. The summed E-state index contributed by atoms with van der Waals surface area (Å²) in [6.45, 7) is 4.06. The molecule has 0 heterocycles. The Morgan fingerprint density at radius 3 is 2.83 bits per heavy atom. The lowest BCUT2D eigenvalue weighted by Crippen LogP contribution is -1.85. The SMILES string of the molecule is CCc1c(C)cccc1N=C=O. The number of aliphatic imine (C=N–C) groups is 1. The van der Waals surface area contributed by atoms with E-state index in [4.69, 9.17) is 0 Å². The summed E-state index contributed by atoms with van der Waals surface area (Å²) in [5.74, 6) is 0. The third-order valence-electron chi connectivity index (χ3n) is 1.91. The van der Waals surface area contributed by atoms with E-state index in [1.54, 1.807) is 6.08 Å². The molecule has 2 nitrogen and oxygen atoms in total. The molecule has 1 aromatic carbocycles. The van der Waals surface area contributed by atoms with Gasteiger partial charge in [-0.15, -0.1) is 0 Å². The number of benzene rings is 1. The maximum Gasteiger partial charge on any atom is 0.240 e. The maximum atomic E-state index is 10.1. The van der Waals surface area contributed by atoms with E-state index < -0.39 is 0 Å². The molecule has 0 saturated heterocycles. The lowest BCUT2D eigenvalue weighted by molar-refractivity contribution is 0.565. The average Bonchev–Trinajstić information content (AvgIpc) is 2.05. The Balaban J connectivity index is 3.26. The number of nitrogens with zero attached hydrogens (tertiary/aromatic N) is 1. The second-order valence-electron chi connectivity index (χ2n) is 2.63. The Hall–Kier alpha value is -1.40. The Morgan fingerprint density at radius 2 is 2.25 bits per heavy atom. The molecule has 0 atom stereocenters. The summed E-state index contributed by atoms with van der Waals surface area (Å²) in [5, 5.41) is 0. The van der Waals surface area contributed by atoms with Crippen LogP contribution in [0, 0.1) is 6.92 Å². The zero-order valence-corrected chi connectivity index (χ0v) is 7.29. The van der Waals surface area contributed by atoms with Crippen molar-refractivity contribution in [1.29, 1.82) is 0 Å². The number of carbonyl (C=O) groups excluding carboxylic acids is 1. The summed E-state index contributed by atoms with van der Waals surface area (Å²) < 4.78 is 0. The van der Waals surface area contributed by atoms with Gasteiger partial charge < -0.3 is 0 Å². The standard InChI is InChI=1S/C10H11NO/c1-3-9-8(2)5-4-6-10(9)11-7-12/h4-6H,3H2,1-2H3. The maximum absolute atomic E-state index is 10.1. The van der Waals surface area contributed by atoms with Crippen LogP contribution >= 0.6 is 0 Å². The van der Waals surface area contributed by atoms with Crippen molar-refractivity contribution in [2.24, 2.45) is 4.99 Å². The molecule has 1 rings (SSSR count). The van der Waals surface area contributed by atoms with E-state index >= 15 is 0 Å². The van der Waals surface area contributed by atoms with Crippen molar-refractivity contribution in [1.82, 2.24) is 0 Å². The summed E-state index contributed by atoms with van der Waals surface area (Å²) >= 11 is 0. The molecule has 12 heavy (non-hydrogen) atoms. The van der Waals surface area contributed by atoms with E-state index in [1.165, 1.54) is 5.56 Å². The van der Waals surface area contributed by atoms with Gasteiger partial charge in [-0.1, -0.05) is 19.1 Å². The predicted octanol–water partition coefficient (Wildman–Crippen LogP) is 2.52. The lowest BCUT2D eigenvalue weighted by Gasteiger charge is -2.03. The Morgan fingerprint density at radius 1 is 1.50 bits per heavy atom. The smallest absolute Gasteiger partial charge is 0.211 e. The summed E-state index contributed by atoms with van der Waals surface area (Å²) in [6.07, 6.45) is 2.46. The van der Waals surface area contributed by atoms with Crippen LogP contribution in [0.4, 0.5) is 5.69 Å². The number of hydrogen-bond acceptors (Lipinski definition) is 2.